The molecule has 1 aromatic heterocycles. The van der Waals surface area contributed by atoms with Gasteiger partial charge in [0.15, 0.2) is 0 Å². The van der Waals surface area contributed by atoms with Gasteiger partial charge in [0.2, 0.25) is 0 Å². The van der Waals surface area contributed by atoms with Gasteiger partial charge in [-0.15, -0.1) is 0 Å². The number of pyridine rings is 1. The zero-order chi connectivity index (χ0) is 24.1. The number of hydrogen-bond donors (Lipinski definition) is 1. The zero-order valence-corrected chi connectivity index (χ0v) is 19.8. The Kier molecular flexibility index (Phi) is 7.24. The van der Waals surface area contributed by atoms with Crippen LogP contribution in [0.3, 0.4) is 0 Å². The Bertz CT molecular complexity index is 1210. The first-order valence-corrected chi connectivity index (χ1v) is 11.6. The molecule has 1 N–H and O–H groups in total. The second-order valence-corrected chi connectivity index (χ2v) is 8.78. The van der Waals surface area contributed by atoms with Crippen molar-refractivity contribution in [1.29, 1.82) is 5.26 Å². The first kappa shape index (κ1) is 23.5. The summed E-state index contributed by atoms with van der Waals surface area (Å²) in [6, 6.07) is 17.1. The number of nitrogens with zero attached hydrogens (tertiary/aromatic N) is 2. The number of nitriles is 1. The molecule has 2 atom stereocenters. The number of carbonyl (C=O) groups is 1. The van der Waals surface area contributed by atoms with Gasteiger partial charge in [-0.25, -0.2) is 0 Å². The monoisotopic (exact) mass is 455 g/mol. The van der Waals surface area contributed by atoms with Crippen LogP contribution in [0.15, 0.2) is 54.7 Å². The summed E-state index contributed by atoms with van der Waals surface area (Å²) in [7, 11) is 0. The van der Waals surface area contributed by atoms with Crippen LogP contribution in [0.1, 0.15) is 58.5 Å². The molecular weight excluding hydrogens is 426 g/mol. The number of rotatable bonds is 7. The molecule has 4 rings (SSSR count). The molecule has 1 aliphatic heterocycles. The first-order valence-electron chi connectivity index (χ1n) is 11.6. The average molecular weight is 456 g/mol. The lowest BCUT2D eigenvalue weighted by Gasteiger charge is -2.17. The maximum absolute atomic E-state index is 13.2. The van der Waals surface area contributed by atoms with Gasteiger partial charge in [0.05, 0.1) is 23.8 Å². The number of hydrogen-bond acceptors (Lipinski definition) is 5. The lowest BCUT2D eigenvalue weighted by molar-refractivity contribution is 0.0679. The molecule has 2 aromatic carbocycles. The maximum Gasteiger partial charge on any atom is 0.251 e. The second kappa shape index (κ2) is 10.5. The van der Waals surface area contributed by atoms with E-state index in [9.17, 15) is 10.1 Å². The van der Waals surface area contributed by atoms with E-state index in [-0.39, 0.29) is 18.1 Å². The van der Waals surface area contributed by atoms with Crippen molar-refractivity contribution in [3.05, 3.63) is 82.7 Å². The molecule has 174 valence electrons. The quantitative estimate of drug-likeness (QED) is 0.524. The van der Waals surface area contributed by atoms with E-state index < -0.39 is 0 Å². The van der Waals surface area contributed by atoms with Gasteiger partial charge in [-0.1, -0.05) is 18.2 Å². The molecule has 0 aliphatic carbocycles. The number of aromatic nitrogens is 1. The average Bonchev–Trinajstić information content (AvgIpc) is 3.36. The third kappa shape index (κ3) is 5.62. The fraction of sp³-hybridized carbons (Fsp3) is 0.321. The Labute approximate surface area is 200 Å². The van der Waals surface area contributed by atoms with Crippen molar-refractivity contribution in [1.82, 2.24) is 10.3 Å². The van der Waals surface area contributed by atoms with E-state index in [1.807, 2.05) is 57.2 Å². The van der Waals surface area contributed by atoms with Crippen LogP contribution < -0.4 is 10.1 Å². The molecule has 1 amide bonds. The highest BCUT2D eigenvalue weighted by molar-refractivity contribution is 5.96. The van der Waals surface area contributed by atoms with Gasteiger partial charge < -0.3 is 14.8 Å². The van der Waals surface area contributed by atoms with Crippen molar-refractivity contribution in [2.24, 2.45) is 0 Å². The molecule has 34 heavy (non-hydrogen) atoms. The van der Waals surface area contributed by atoms with Crippen LogP contribution in [0.4, 0.5) is 0 Å². The molecule has 0 radical (unpaired) electrons. The Morgan fingerprint density at radius 1 is 1.24 bits per heavy atom. The topological polar surface area (TPSA) is 84.2 Å². The minimum atomic E-state index is -0.220. The highest BCUT2D eigenvalue weighted by atomic mass is 16.5. The maximum atomic E-state index is 13.2. The van der Waals surface area contributed by atoms with Crippen LogP contribution in [0.2, 0.25) is 0 Å². The van der Waals surface area contributed by atoms with Gasteiger partial charge in [0.1, 0.15) is 12.4 Å². The number of benzene rings is 2. The van der Waals surface area contributed by atoms with E-state index in [4.69, 9.17) is 9.47 Å². The number of amides is 1. The van der Waals surface area contributed by atoms with Crippen molar-refractivity contribution in [3.63, 3.8) is 0 Å². The molecule has 0 bridgehead atoms. The largest absolute Gasteiger partial charge is 0.491 e. The second-order valence-electron chi connectivity index (χ2n) is 8.78. The summed E-state index contributed by atoms with van der Waals surface area (Å²) >= 11 is 0. The van der Waals surface area contributed by atoms with Crippen molar-refractivity contribution in [3.8, 4) is 22.9 Å². The molecule has 2 heterocycles. The predicted octanol–water partition coefficient (Wildman–Crippen LogP) is 5.29. The molecule has 3 aromatic rings. The summed E-state index contributed by atoms with van der Waals surface area (Å²) in [4.78, 5) is 17.5. The Hall–Kier alpha value is -3.69. The van der Waals surface area contributed by atoms with Crippen LogP contribution in [0.25, 0.3) is 11.1 Å². The third-order valence-electron chi connectivity index (χ3n) is 6.02. The van der Waals surface area contributed by atoms with E-state index in [1.165, 1.54) is 0 Å². The summed E-state index contributed by atoms with van der Waals surface area (Å²) in [6.07, 6.45) is 3.83. The summed E-state index contributed by atoms with van der Waals surface area (Å²) in [5, 5.41) is 12.7. The number of carbonyl (C=O) groups excluding carboxylic acids is 1. The summed E-state index contributed by atoms with van der Waals surface area (Å²) in [5.41, 5.74) is 5.41. The standard InChI is InChI=1S/C28H29N3O3/c1-18-6-9-27(24(11-18)15-29)22-12-23(14-26(13-22)34-17-25-5-4-10-33-25)28(32)31-20(3)21-8-7-19(2)30-16-21/h6-9,11-14,16,20,25H,4-5,10,17H2,1-3H3,(H,31,32)/t20-,25?/m1/s1. The normalized spacial score (nSPS) is 16.0. The minimum Gasteiger partial charge on any atom is -0.491 e. The summed E-state index contributed by atoms with van der Waals surface area (Å²) < 4.78 is 11.7. The van der Waals surface area contributed by atoms with E-state index in [0.29, 0.717) is 23.5 Å². The van der Waals surface area contributed by atoms with E-state index in [1.54, 1.807) is 18.3 Å². The lowest BCUT2D eigenvalue weighted by Crippen LogP contribution is -2.27. The van der Waals surface area contributed by atoms with Gasteiger partial charge in [-0.2, -0.15) is 5.26 Å². The number of nitrogens with one attached hydrogen (secondary N) is 1. The van der Waals surface area contributed by atoms with E-state index in [0.717, 1.165) is 47.4 Å². The van der Waals surface area contributed by atoms with Crippen molar-refractivity contribution < 1.29 is 14.3 Å². The van der Waals surface area contributed by atoms with Crippen LogP contribution in [-0.4, -0.2) is 30.2 Å². The molecule has 1 fully saturated rings. The number of aryl methyl sites for hydroxylation is 2. The molecule has 0 spiro atoms. The van der Waals surface area contributed by atoms with Gasteiger partial charge >= 0.3 is 0 Å². The molecule has 1 aliphatic rings. The highest BCUT2D eigenvalue weighted by Crippen LogP contribution is 2.30. The smallest absolute Gasteiger partial charge is 0.251 e. The minimum absolute atomic E-state index is 0.0593. The Balaban J connectivity index is 1.64. The first-order chi connectivity index (χ1) is 16.4. The van der Waals surface area contributed by atoms with E-state index in [2.05, 4.69) is 16.4 Å². The van der Waals surface area contributed by atoms with Gasteiger partial charge in [0.25, 0.3) is 5.91 Å². The fourth-order valence-electron chi connectivity index (χ4n) is 4.03. The molecule has 1 saturated heterocycles. The Morgan fingerprint density at radius 2 is 2.09 bits per heavy atom. The van der Waals surface area contributed by atoms with Crippen LogP contribution >= 0.6 is 0 Å². The van der Waals surface area contributed by atoms with E-state index >= 15 is 0 Å². The SMILES string of the molecule is Cc1ccc(-c2cc(OCC3CCCO3)cc(C(=O)N[C@H](C)c3ccc(C)nc3)c2)c(C#N)c1. The van der Waals surface area contributed by atoms with Crippen molar-refractivity contribution in [2.75, 3.05) is 13.2 Å². The van der Waals surface area contributed by atoms with Crippen LogP contribution in [-0.2, 0) is 4.74 Å². The van der Waals surface area contributed by atoms with Crippen LogP contribution in [0, 0.1) is 25.2 Å². The molecular formula is C28H29N3O3. The van der Waals surface area contributed by atoms with Gasteiger partial charge in [0, 0.05) is 24.1 Å². The fourth-order valence-corrected chi connectivity index (χ4v) is 4.03. The molecule has 6 nitrogen and oxygen atoms in total. The molecule has 6 heteroatoms. The highest BCUT2D eigenvalue weighted by Gasteiger charge is 2.19. The Morgan fingerprint density at radius 3 is 2.79 bits per heavy atom. The summed E-state index contributed by atoms with van der Waals surface area (Å²) in [5.74, 6) is 0.356. The van der Waals surface area contributed by atoms with Crippen LogP contribution in [0.5, 0.6) is 5.75 Å². The third-order valence-corrected chi connectivity index (χ3v) is 6.02. The lowest BCUT2D eigenvalue weighted by atomic mass is 9.96. The van der Waals surface area contributed by atoms with Gasteiger partial charge in [-0.05, 0) is 86.2 Å². The predicted molar refractivity (Wildman–Crippen MR) is 131 cm³/mol. The number of ether oxygens (including phenoxy) is 2. The molecule has 1 unspecified atom stereocenters. The summed E-state index contributed by atoms with van der Waals surface area (Å²) in [6.45, 7) is 6.98. The molecule has 0 saturated carbocycles. The van der Waals surface area contributed by atoms with Gasteiger partial charge in [-0.3, -0.25) is 9.78 Å². The van der Waals surface area contributed by atoms with Crippen molar-refractivity contribution in [2.45, 2.75) is 45.8 Å². The van der Waals surface area contributed by atoms with Crippen molar-refractivity contribution >= 4 is 5.91 Å². The zero-order valence-electron chi connectivity index (χ0n) is 19.8.